The van der Waals surface area contributed by atoms with E-state index in [0.29, 0.717) is 19.8 Å². The van der Waals surface area contributed by atoms with E-state index in [0.717, 1.165) is 13.1 Å². The number of amides is 1. The highest BCUT2D eigenvalue weighted by molar-refractivity contribution is 7.10. The molecule has 2 N–H and O–H groups in total. The first kappa shape index (κ1) is 15.9. The smallest absolute Gasteiger partial charge is 0.260 e. The summed E-state index contributed by atoms with van der Waals surface area (Å²) in [6.07, 6.45) is 1.52. The van der Waals surface area contributed by atoms with Crippen molar-refractivity contribution >= 4 is 17.2 Å². The van der Waals surface area contributed by atoms with Crippen LogP contribution in [0.5, 0.6) is 0 Å². The third-order valence-electron chi connectivity index (χ3n) is 3.88. The molecule has 0 bridgehead atoms. The Kier molecular flexibility index (Phi) is 5.22. The van der Waals surface area contributed by atoms with Crippen LogP contribution in [-0.2, 0) is 4.74 Å². The molecule has 2 aromatic rings. The van der Waals surface area contributed by atoms with Crippen LogP contribution in [0.2, 0.25) is 0 Å². The quantitative estimate of drug-likeness (QED) is 0.863. The molecule has 0 radical (unpaired) electrons. The molecule has 0 aliphatic carbocycles. The van der Waals surface area contributed by atoms with E-state index in [1.165, 1.54) is 17.1 Å². The fraction of sp³-hybridized carbons (Fsp3) is 0.375. The summed E-state index contributed by atoms with van der Waals surface area (Å²) < 4.78 is 5.41. The number of H-pyrrole nitrogens is 1. The second-order valence-corrected chi connectivity index (χ2v) is 6.28. The first-order chi connectivity index (χ1) is 11.3. The van der Waals surface area contributed by atoms with Crippen molar-refractivity contribution in [1.82, 2.24) is 15.2 Å². The second-order valence-electron chi connectivity index (χ2n) is 5.30. The number of carbonyl (C=O) groups excluding carboxylic acids is 1. The maximum absolute atomic E-state index is 12.3. The number of carbonyl (C=O) groups is 1. The number of hydrogen-bond donors (Lipinski definition) is 2. The summed E-state index contributed by atoms with van der Waals surface area (Å²) in [7, 11) is 0. The van der Waals surface area contributed by atoms with Crippen LogP contribution in [0.3, 0.4) is 0 Å². The molecule has 3 heterocycles. The number of aromatic nitrogens is 1. The number of rotatable bonds is 5. The van der Waals surface area contributed by atoms with Gasteiger partial charge in [-0.2, -0.15) is 0 Å². The summed E-state index contributed by atoms with van der Waals surface area (Å²) in [6, 6.07) is 7.37. The average molecular weight is 333 g/mol. The van der Waals surface area contributed by atoms with Gasteiger partial charge in [0.1, 0.15) is 5.56 Å². The van der Waals surface area contributed by atoms with Gasteiger partial charge < -0.3 is 15.0 Å². The molecule has 122 valence electrons. The van der Waals surface area contributed by atoms with Gasteiger partial charge >= 0.3 is 0 Å². The molecule has 1 aliphatic heterocycles. The number of nitrogens with one attached hydrogen (secondary N) is 2. The lowest BCUT2D eigenvalue weighted by Gasteiger charge is -2.34. The van der Waals surface area contributed by atoms with Crippen LogP contribution in [0.15, 0.2) is 40.6 Å². The number of ether oxygens (including phenoxy) is 1. The highest BCUT2D eigenvalue weighted by Crippen LogP contribution is 2.25. The third-order valence-corrected chi connectivity index (χ3v) is 4.85. The monoisotopic (exact) mass is 333 g/mol. The van der Waals surface area contributed by atoms with E-state index < -0.39 is 0 Å². The lowest BCUT2D eigenvalue weighted by atomic mass is 10.1. The van der Waals surface area contributed by atoms with Crippen LogP contribution in [0.25, 0.3) is 0 Å². The predicted molar refractivity (Wildman–Crippen MR) is 88.8 cm³/mol. The van der Waals surface area contributed by atoms with E-state index in [4.69, 9.17) is 4.74 Å². The van der Waals surface area contributed by atoms with Gasteiger partial charge in [-0.05, 0) is 23.6 Å². The first-order valence-electron chi connectivity index (χ1n) is 7.57. The first-order valence-corrected chi connectivity index (χ1v) is 8.45. The Labute approximate surface area is 138 Å². The van der Waals surface area contributed by atoms with Crippen LogP contribution >= 0.6 is 11.3 Å². The molecule has 0 unspecified atom stereocenters. The van der Waals surface area contributed by atoms with Crippen molar-refractivity contribution in [1.29, 1.82) is 0 Å². The molecule has 2 aromatic heterocycles. The second kappa shape index (κ2) is 7.54. The van der Waals surface area contributed by atoms with Gasteiger partial charge in [-0.3, -0.25) is 14.5 Å². The van der Waals surface area contributed by atoms with Crippen molar-refractivity contribution in [3.05, 3.63) is 56.6 Å². The molecule has 23 heavy (non-hydrogen) atoms. The highest BCUT2D eigenvalue weighted by Gasteiger charge is 2.24. The largest absolute Gasteiger partial charge is 0.379 e. The minimum atomic E-state index is -0.371. The Morgan fingerprint density at radius 3 is 2.87 bits per heavy atom. The SMILES string of the molecule is O=C(NC[C@@H](c1cccs1)N1CCOCC1)c1ccc[nH]c1=O. The Balaban J connectivity index is 1.70. The number of nitrogens with zero attached hydrogens (tertiary/aromatic N) is 1. The van der Waals surface area contributed by atoms with Gasteiger partial charge in [-0.15, -0.1) is 11.3 Å². The molecular weight excluding hydrogens is 314 g/mol. The average Bonchev–Trinajstić information content (AvgIpc) is 3.10. The molecule has 1 aliphatic rings. The number of morpholine rings is 1. The zero-order valence-electron chi connectivity index (χ0n) is 12.7. The minimum absolute atomic E-state index is 0.102. The van der Waals surface area contributed by atoms with Crippen LogP contribution in [0.4, 0.5) is 0 Å². The van der Waals surface area contributed by atoms with Gasteiger partial charge in [0.25, 0.3) is 11.5 Å². The highest BCUT2D eigenvalue weighted by atomic mass is 32.1. The van der Waals surface area contributed by atoms with Crippen molar-refractivity contribution in [3.8, 4) is 0 Å². The molecule has 6 nitrogen and oxygen atoms in total. The molecule has 7 heteroatoms. The summed E-state index contributed by atoms with van der Waals surface area (Å²) in [4.78, 5) is 30.0. The Morgan fingerprint density at radius 1 is 1.35 bits per heavy atom. The van der Waals surface area contributed by atoms with E-state index in [1.807, 2.05) is 11.4 Å². The van der Waals surface area contributed by atoms with Crippen LogP contribution < -0.4 is 10.9 Å². The van der Waals surface area contributed by atoms with Crippen molar-refractivity contribution in [2.45, 2.75) is 6.04 Å². The molecule has 0 aromatic carbocycles. The zero-order valence-corrected chi connectivity index (χ0v) is 13.5. The maximum Gasteiger partial charge on any atom is 0.260 e. The van der Waals surface area contributed by atoms with E-state index in [9.17, 15) is 9.59 Å². The Hall–Kier alpha value is -1.96. The van der Waals surface area contributed by atoms with E-state index in [2.05, 4.69) is 21.3 Å². The van der Waals surface area contributed by atoms with E-state index >= 15 is 0 Å². The van der Waals surface area contributed by atoms with Gasteiger partial charge in [0.15, 0.2) is 0 Å². The molecule has 1 fully saturated rings. The maximum atomic E-state index is 12.3. The van der Waals surface area contributed by atoms with Gasteiger partial charge in [-0.1, -0.05) is 6.07 Å². The minimum Gasteiger partial charge on any atom is -0.379 e. The van der Waals surface area contributed by atoms with Crippen LogP contribution in [-0.4, -0.2) is 48.6 Å². The van der Waals surface area contributed by atoms with Gasteiger partial charge in [0.05, 0.1) is 19.3 Å². The summed E-state index contributed by atoms with van der Waals surface area (Å²) in [5.41, 5.74) is -0.233. The molecule has 1 saturated heterocycles. The Morgan fingerprint density at radius 2 is 2.17 bits per heavy atom. The summed E-state index contributed by atoms with van der Waals surface area (Å²) in [5.74, 6) is -0.346. The van der Waals surface area contributed by atoms with E-state index in [-0.39, 0.29) is 23.1 Å². The third kappa shape index (κ3) is 3.87. The number of aromatic amines is 1. The van der Waals surface area contributed by atoms with Crippen LogP contribution in [0.1, 0.15) is 21.3 Å². The molecule has 0 saturated carbocycles. The summed E-state index contributed by atoms with van der Waals surface area (Å²) >= 11 is 1.67. The predicted octanol–water partition coefficient (Wildman–Crippen LogP) is 1.24. The van der Waals surface area contributed by atoms with Crippen molar-refractivity contribution in [2.24, 2.45) is 0 Å². The lowest BCUT2D eigenvalue weighted by molar-refractivity contribution is 0.0169. The normalized spacial score (nSPS) is 16.9. The standard InChI is InChI=1S/C16H19N3O3S/c20-15-12(3-1-5-17-15)16(21)18-11-13(14-4-2-10-23-14)19-6-8-22-9-7-19/h1-5,10,13H,6-9,11H2,(H,17,20)(H,18,21)/t13-/m0/s1. The van der Waals surface area contributed by atoms with Gasteiger partial charge in [0, 0.05) is 30.7 Å². The molecule has 3 rings (SSSR count). The number of thiophene rings is 1. The fourth-order valence-corrected chi connectivity index (χ4v) is 3.53. The molecule has 1 atom stereocenters. The van der Waals surface area contributed by atoms with Gasteiger partial charge in [-0.25, -0.2) is 0 Å². The van der Waals surface area contributed by atoms with E-state index in [1.54, 1.807) is 17.4 Å². The number of hydrogen-bond acceptors (Lipinski definition) is 5. The van der Waals surface area contributed by atoms with Crippen LogP contribution in [0, 0.1) is 0 Å². The summed E-state index contributed by atoms with van der Waals surface area (Å²) in [5, 5.41) is 4.92. The number of pyridine rings is 1. The zero-order chi connectivity index (χ0) is 16.1. The van der Waals surface area contributed by atoms with Crippen molar-refractivity contribution in [3.63, 3.8) is 0 Å². The lowest BCUT2D eigenvalue weighted by Crippen LogP contribution is -2.44. The molecule has 1 amide bonds. The molecule has 0 spiro atoms. The van der Waals surface area contributed by atoms with Crippen molar-refractivity contribution in [2.75, 3.05) is 32.8 Å². The fourth-order valence-electron chi connectivity index (χ4n) is 2.66. The topological polar surface area (TPSA) is 74.4 Å². The van der Waals surface area contributed by atoms with Gasteiger partial charge in [0.2, 0.25) is 0 Å². The summed E-state index contributed by atoms with van der Waals surface area (Å²) in [6.45, 7) is 3.55. The van der Waals surface area contributed by atoms with Crippen molar-refractivity contribution < 1.29 is 9.53 Å². The Bertz CT molecular complexity index is 693. The molecular formula is C16H19N3O3S.